The lowest BCUT2D eigenvalue weighted by atomic mass is 9.80. The van der Waals surface area contributed by atoms with Gasteiger partial charge in [0, 0.05) is 24.9 Å². The van der Waals surface area contributed by atoms with E-state index in [9.17, 15) is 4.79 Å². The molecule has 4 nitrogen and oxygen atoms in total. The topological polar surface area (TPSA) is 50.4 Å². The van der Waals surface area contributed by atoms with Crippen molar-refractivity contribution in [2.24, 2.45) is 0 Å². The summed E-state index contributed by atoms with van der Waals surface area (Å²) in [5.74, 6) is 0.154. The third-order valence-corrected chi connectivity index (χ3v) is 8.68. The predicted octanol–water partition coefficient (Wildman–Crippen LogP) is 8.78. The van der Waals surface area contributed by atoms with E-state index in [0.717, 1.165) is 17.4 Å². The van der Waals surface area contributed by atoms with Gasteiger partial charge in [0.15, 0.2) is 0 Å². The van der Waals surface area contributed by atoms with E-state index < -0.39 is 0 Å². The van der Waals surface area contributed by atoms with Gasteiger partial charge in [-0.25, -0.2) is 4.79 Å². The maximum Gasteiger partial charge on any atom is 0.407 e. The predicted molar refractivity (Wildman–Crippen MR) is 174 cm³/mol. The summed E-state index contributed by atoms with van der Waals surface area (Å²) in [7, 11) is 0. The van der Waals surface area contributed by atoms with Crippen LogP contribution in [0.1, 0.15) is 94.7 Å². The quantitative estimate of drug-likeness (QED) is 0.247. The lowest BCUT2D eigenvalue weighted by Crippen LogP contribution is -2.31. The molecule has 1 saturated heterocycles. The van der Waals surface area contributed by atoms with Gasteiger partial charge in [-0.1, -0.05) is 126 Å². The van der Waals surface area contributed by atoms with Crippen molar-refractivity contribution in [3.05, 3.63) is 119 Å². The summed E-state index contributed by atoms with van der Waals surface area (Å²) in [4.78, 5) is 13.0. The van der Waals surface area contributed by atoms with Gasteiger partial charge in [-0.2, -0.15) is 0 Å². The Kier molecular flexibility index (Phi) is 8.48. The van der Waals surface area contributed by atoms with E-state index >= 15 is 0 Å². The number of carbonyl (C=O) groups is 1. The standard InChI is InChI=1S/C38H46N2O2/c1-25(29-13-12-26-10-8-9-11-30(26)22-29)40-36(41)42-33-23-34(39-24-33)35(27-14-18-31(19-15-27)37(2,3)4)28-16-20-32(21-17-28)38(5,6)7/h8-22,25,33-35,39H,23-24H2,1-7H3,(H,40,41)/t25-,33+,34+/m0/s1. The van der Waals surface area contributed by atoms with Crippen molar-refractivity contribution in [2.45, 2.75) is 89.8 Å². The Labute approximate surface area is 251 Å². The highest BCUT2D eigenvalue weighted by Gasteiger charge is 2.35. The maximum absolute atomic E-state index is 13.0. The first-order valence-corrected chi connectivity index (χ1v) is 15.3. The zero-order valence-electron chi connectivity index (χ0n) is 26.2. The summed E-state index contributed by atoms with van der Waals surface area (Å²) in [5.41, 5.74) is 6.47. The van der Waals surface area contributed by atoms with Crippen LogP contribution < -0.4 is 10.6 Å². The molecule has 0 bridgehead atoms. The fourth-order valence-electron chi connectivity index (χ4n) is 6.04. The van der Waals surface area contributed by atoms with Crippen LogP contribution in [0.15, 0.2) is 91.0 Å². The Balaban J connectivity index is 1.29. The van der Waals surface area contributed by atoms with Crippen LogP contribution in [0, 0.1) is 0 Å². The van der Waals surface area contributed by atoms with E-state index in [1.807, 2.05) is 19.1 Å². The number of nitrogens with one attached hydrogen (secondary N) is 2. The van der Waals surface area contributed by atoms with Crippen molar-refractivity contribution in [3.8, 4) is 0 Å². The van der Waals surface area contributed by atoms with Crippen LogP contribution in [-0.4, -0.2) is 24.8 Å². The average Bonchev–Trinajstić information content (AvgIpc) is 3.40. The third kappa shape index (κ3) is 6.87. The summed E-state index contributed by atoms with van der Waals surface area (Å²) >= 11 is 0. The fourth-order valence-corrected chi connectivity index (χ4v) is 6.04. The van der Waals surface area contributed by atoms with E-state index in [0.29, 0.717) is 6.54 Å². The normalized spacial score (nSPS) is 18.3. The molecule has 0 saturated carbocycles. The second-order valence-corrected chi connectivity index (χ2v) is 14.0. The van der Waals surface area contributed by atoms with Crippen LogP contribution in [0.3, 0.4) is 0 Å². The second kappa shape index (κ2) is 11.9. The van der Waals surface area contributed by atoms with E-state index in [1.165, 1.54) is 27.6 Å². The number of hydrogen-bond acceptors (Lipinski definition) is 3. The number of hydrogen-bond donors (Lipinski definition) is 2. The van der Waals surface area contributed by atoms with Crippen molar-refractivity contribution in [1.82, 2.24) is 10.6 Å². The summed E-state index contributed by atoms with van der Waals surface area (Å²) < 4.78 is 5.96. The Morgan fingerprint density at radius 2 is 1.29 bits per heavy atom. The Morgan fingerprint density at radius 1 is 0.762 bits per heavy atom. The Hall–Kier alpha value is -3.63. The molecule has 42 heavy (non-hydrogen) atoms. The summed E-state index contributed by atoms with van der Waals surface area (Å²) in [6.45, 7) is 16.1. The number of amides is 1. The van der Waals surface area contributed by atoms with Gasteiger partial charge in [0.2, 0.25) is 0 Å². The van der Waals surface area contributed by atoms with Gasteiger partial charge >= 0.3 is 6.09 Å². The molecule has 0 spiro atoms. The first-order valence-electron chi connectivity index (χ1n) is 15.3. The smallest absolute Gasteiger partial charge is 0.407 e. The van der Waals surface area contributed by atoms with Crippen molar-refractivity contribution in [3.63, 3.8) is 0 Å². The molecule has 1 fully saturated rings. The SMILES string of the molecule is C[C@H](NC(=O)O[C@H]1CN[C@@H](C(c2ccc(C(C)(C)C)cc2)c2ccc(C(C)(C)C)cc2)C1)c1ccc2ccccc2c1. The van der Waals surface area contributed by atoms with Crippen LogP contribution >= 0.6 is 0 Å². The third-order valence-electron chi connectivity index (χ3n) is 8.68. The molecule has 220 valence electrons. The molecule has 1 aliphatic rings. The molecule has 5 rings (SSSR count). The lowest BCUT2D eigenvalue weighted by Gasteiger charge is -2.27. The largest absolute Gasteiger partial charge is 0.445 e. The van der Waals surface area contributed by atoms with Gasteiger partial charge in [-0.05, 0) is 62.4 Å². The van der Waals surface area contributed by atoms with Crippen LogP contribution in [0.2, 0.25) is 0 Å². The van der Waals surface area contributed by atoms with Crippen molar-refractivity contribution < 1.29 is 9.53 Å². The number of benzene rings is 4. The van der Waals surface area contributed by atoms with Crippen LogP contribution in [0.5, 0.6) is 0 Å². The highest BCUT2D eigenvalue weighted by Crippen LogP contribution is 2.35. The summed E-state index contributed by atoms with van der Waals surface area (Å²) in [5, 5.41) is 9.10. The zero-order valence-corrected chi connectivity index (χ0v) is 26.2. The van der Waals surface area contributed by atoms with Crippen LogP contribution in [0.4, 0.5) is 4.79 Å². The lowest BCUT2D eigenvalue weighted by molar-refractivity contribution is 0.103. The number of carbonyl (C=O) groups excluding carboxylic acids is 1. The maximum atomic E-state index is 13.0. The minimum absolute atomic E-state index is 0.101. The molecule has 1 aliphatic heterocycles. The minimum Gasteiger partial charge on any atom is -0.445 e. The second-order valence-electron chi connectivity index (χ2n) is 14.0. The first-order chi connectivity index (χ1) is 19.9. The molecule has 0 aromatic heterocycles. The van der Waals surface area contributed by atoms with Gasteiger partial charge < -0.3 is 15.4 Å². The molecule has 1 amide bonds. The fraction of sp³-hybridized carbons (Fsp3) is 0.395. The number of fused-ring (bicyclic) bond motifs is 1. The van der Waals surface area contributed by atoms with Crippen molar-refractivity contribution in [1.29, 1.82) is 0 Å². The van der Waals surface area contributed by atoms with Gasteiger partial charge in [-0.3, -0.25) is 0 Å². The Morgan fingerprint density at radius 3 is 1.83 bits per heavy atom. The monoisotopic (exact) mass is 562 g/mol. The summed E-state index contributed by atoms with van der Waals surface area (Å²) in [6.07, 6.45) is 0.192. The van der Waals surface area contributed by atoms with E-state index in [2.05, 4.69) is 131 Å². The minimum atomic E-state index is -0.372. The number of ether oxygens (including phenoxy) is 1. The molecule has 4 heteroatoms. The summed E-state index contributed by atoms with van der Waals surface area (Å²) in [6, 6.07) is 32.7. The molecule has 0 radical (unpaired) electrons. The van der Waals surface area contributed by atoms with Crippen molar-refractivity contribution >= 4 is 16.9 Å². The van der Waals surface area contributed by atoms with Crippen LogP contribution in [-0.2, 0) is 15.6 Å². The molecule has 0 unspecified atom stereocenters. The molecular weight excluding hydrogens is 516 g/mol. The molecule has 1 heterocycles. The van der Waals surface area contributed by atoms with Gasteiger partial charge in [0.25, 0.3) is 0 Å². The molecular formula is C38H46N2O2. The van der Waals surface area contributed by atoms with Crippen molar-refractivity contribution in [2.75, 3.05) is 6.54 Å². The first kappa shape index (κ1) is 29.8. The van der Waals surface area contributed by atoms with E-state index in [-0.39, 0.29) is 41.0 Å². The highest BCUT2D eigenvalue weighted by molar-refractivity contribution is 5.83. The number of rotatable bonds is 6. The number of alkyl carbamates (subject to hydrolysis) is 1. The van der Waals surface area contributed by atoms with E-state index in [4.69, 9.17) is 4.74 Å². The van der Waals surface area contributed by atoms with Crippen LogP contribution in [0.25, 0.3) is 10.8 Å². The zero-order chi connectivity index (χ0) is 30.1. The highest BCUT2D eigenvalue weighted by atomic mass is 16.6. The van der Waals surface area contributed by atoms with E-state index in [1.54, 1.807) is 0 Å². The van der Waals surface area contributed by atoms with Gasteiger partial charge in [-0.15, -0.1) is 0 Å². The van der Waals surface area contributed by atoms with Gasteiger partial charge in [0.1, 0.15) is 6.10 Å². The Bertz CT molecular complexity index is 1450. The molecule has 4 aromatic rings. The molecule has 3 atom stereocenters. The molecule has 4 aromatic carbocycles. The average molecular weight is 563 g/mol. The van der Waals surface area contributed by atoms with Gasteiger partial charge in [0.05, 0.1) is 6.04 Å². The molecule has 0 aliphatic carbocycles. The molecule has 2 N–H and O–H groups in total.